The number of hydrogen-bond donors (Lipinski definition) is 0. The Hall–Kier alpha value is -0.0800. The van der Waals surface area contributed by atoms with Crippen LogP contribution in [-0.2, 0) is 4.74 Å². The Kier molecular flexibility index (Phi) is 3.45. The SMILES string of the molecule is CC(C)N(CC1CC1)C1CCOCC1. The Balaban J connectivity index is 1.86. The van der Waals surface area contributed by atoms with Gasteiger partial charge in [-0.2, -0.15) is 0 Å². The topological polar surface area (TPSA) is 12.5 Å². The molecule has 0 amide bonds. The van der Waals surface area contributed by atoms with E-state index in [1.165, 1.54) is 32.2 Å². The number of rotatable bonds is 4. The molecule has 2 heteroatoms. The third-order valence-corrected chi connectivity index (χ3v) is 3.49. The summed E-state index contributed by atoms with van der Waals surface area (Å²) in [4.78, 5) is 2.71. The van der Waals surface area contributed by atoms with E-state index in [1.54, 1.807) is 0 Å². The smallest absolute Gasteiger partial charge is 0.0480 e. The Morgan fingerprint density at radius 2 is 1.79 bits per heavy atom. The fourth-order valence-corrected chi connectivity index (χ4v) is 2.40. The molecule has 0 bridgehead atoms. The Labute approximate surface area is 87.6 Å². The third kappa shape index (κ3) is 2.71. The molecule has 1 saturated heterocycles. The maximum absolute atomic E-state index is 5.42. The first-order chi connectivity index (χ1) is 6.77. The van der Waals surface area contributed by atoms with Gasteiger partial charge in [0.25, 0.3) is 0 Å². The van der Waals surface area contributed by atoms with Gasteiger partial charge in [0.05, 0.1) is 0 Å². The van der Waals surface area contributed by atoms with Gasteiger partial charge in [-0.25, -0.2) is 0 Å². The van der Waals surface area contributed by atoms with Gasteiger partial charge in [-0.3, -0.25) is 4.90 Å². The molecule has 0 aromatic rings. The van der Waals surface area contributed by atoms with Crippen molar-refractivity contribution in [1.29, 1.82) is 0 Å². The van der Waals surface area contributed by atoms with Crippen LogP contribution in [0, 0.1) is 5.92 Å². The Bertz CT molecular complexity index is 171. The molecule has 82 valence electrons. The average molecular weight is 197 g/mol. The highest BCUT2D eigenvalue weighted by molar-refractivity contribution is 4.83. The molecule has 2 aliphatic rings. The minimum Gasteiger partial charge on any atom is -0.381 e. The monoisotopic (exact) mass is 197 g/mol. The molecule has 1 aliphatic carbocycles. The molecular formula is C12H23NO. The van der Waals surface area contributed by atoms with Crippen LogP contribution in [0.1, 0.15) is 39.5 Å². The summed E-state index contributed by atoms with van der Waals surface area (Å²) in [5, 5.41) is 0. The van der Waals surface area contributed by atoms with Gasteiger partial charge in [0, 0.05) is 31.8 Å². The van der Waals surface area contributed by atoms with E-state index in [2.05, 4.69) is 18.7 Å². The molecule has 2 fully saturated rings. The van der Waals surface area contributed by atoms with Crippen molar-refractivity contribution in [1.82, 2.24) is 4.90 Å². The minimum atomic E-state index is 0.707. The van der Waals surface area contributed by atoms with Gasteiger partial charge in [-0.1, -0.05) is 0 Å². The van der Waals surface area contributed by atoms with Crippen LogP contribution in [0.5, 0.6) is 0 Å². The Morgan fingerprint density at radius 1 is 1.14 bits per heavy atom. The molecule has 0 N–H and O–H groups in total. The molecule has 14 heavy (non-hydrogen) atoms. The van der Waals surface area contributed by atoms with Crippen molar-refractivity contribution in [3.05, 3.63) is 0 Å². The maximum atomic E-state index is 5.42. The lowest BCUT2D eigenvalue weighted by Crippen LogP contribution is -2.44. The predicted octanol–water partition coefficient (Wildman–Crippen LogP) is 2.29. The van der Waals surface area contributed by atoms with E-state index in [1.807, 2.05) is 0 Å². The van der Waals surface area contributed by atoms with Crippen molar-refractivity contribution in [2.24, 2.45) is 5.92 Å². The zero-order chi connectivity index (χ0) is 9.97. The zero-order valence-electron chi connectivity index (χ0n) is 9.54. The Morgan fingerprint density at radius 3 is 2.29 bits per heavy atom. The van der Waals surface area contributed by atoms with Crippen LogP contribution < -0.4 is 0 Å². The molecule has 2 nitrogen and oxygen atoms in total. The van der Waals surface area contributed by atoms with Crippen molar-refractivity contribution in [2.45, 2.75) is 51.6 Å². The number of hydrogen-bond acceptors (Lipinski definition) is 2. The lowest BCUT2D eigenvalue weighted by atomic mass is 10.0. The van der Waals surface area contributed by atoms with Crippen LogP contribution in [0.15, 0.2) is 0 Å². The van der Waals surface area contributed by atoms with Gasteiger partial charge < -0.3 is 4.74 Å². The van der Waals surface area contributed by atoms with Gasteiger partial charge in [-0.15, -0.1) is 0 Å². The molecule has 1 aliphatic heterocycles. The molecule has 1 heterocycles. The largest absolute Gasteiger partial charge is 0.381 e. The lowest BCUT2D eigenvalue weighted by molar-refractivity contribution is 0.0205. The highest BCUT2D eigenvalue weighted by atomic mass is 16.5. The van der Waals surface area contributed by atoms with Crippen molar-refractivity contribution >= 4 is 0 Å². The quantitative estimate of drug-likeness (QED) is 0.685. The van der Waals surface area contributed by atoms with Gasteiger partial charge >= 0.3 is 0 Å². The van der Waals surface area contributed by atoms with Gasteiger partial charge in [-0.05, 0) is 45.4 Å². The van der Waals surface area contributed by atoms with Crippen molar-refractivity contribution < 1.29 is 4.74 Å². The summed E-state index contributed by atoms with van der Waals surface area (Å²) >= 11 is 0. The molecular weight excluding hydrogens is 174 g/mol. The second-order valence-electron chi connectivity index (χ2n) is 5.08. The molecule has 0 radical (unpaired) electrons. The second kappa shape index (κ2) is 4.63. The standard InChI is InChI=1S/C12H23NO/c1-10(2)13(9-11-3-4-11)12-5-7-14-8-6-12/h10-12H,3-9H2,1-2H3. The minimum absolute atomic E-state index is 0.707. The fraction of sp³-hybridized carbons (Fsp3) is 1.00. The van der Waals surface area contributed by atoms with Gasteiger partial charge in [0.15, 0.2) is 0 Å². The maximum Gasteiger partial charge on any atom is 0.0480 e. The van der Waals surface area contributed by atoms with Crippen molar-refractivity contribution in [2.75, 3.05) is 19.8 Å². The van der Waals surface area contributed by atoms with Gasteiger partial charge in [0.2, 0.25) is 0 Å². The van der Waals surface area contributed by atoms with E-state index in [4.69, 9.17) is 4.74 Å². The van der Waals surface area contributed by atoms with E-state index in [-0.39, 0.29) is 0 Å². The fourth-order valence-electron chi connectivity index (χ4n) is 2.40. The highest BCUT2D eigenvalue weighted by Gasteiger charge is 2.30. The molecule has 2 rings (SSSR count). The summed E-state index contributed by atoms with van der Waals surface area (Å²) < 4.78 is 5.42. The molecule has 1 saturated carbocycles. The number of nitrogens with zero attached hydrogens (tertiary/aromatic N) is 1. The molecule has 0 unspecified atom stereocenters. The van der Waals surface area contributed by atoms with Gasteiger partial charge in [0.1, 0.15) is 0 Å². The summed E-state index contributed by atoms with van der Waals surface area (Å²) in [5.41, 5.74) is 0. The first-order valence-corrected chi connectivity index (χ1v) is 6.11. The molecule has 0 aromatic carbocycles. The first-order valence-electron chi connectivity index (χ1n) is 6.11. The molecule has 0 aromatic heterocycles. The summed E-state index contributed by atoms with van der Waals surface area (Å²) in [6.07, 6.45) is 5.41. The van der Waals surface area contributed by atoms with Crippen LogP contribution in [0.3, 0.4) is 0 Å². The lowest BCUT2D eigenvalue weighted by Gasteiger charge is -2.37. The van der Waals surface area contributed by atoms with E-state index >= 15 is 0 Å². The van der Waals surface area contributed by atoms with Crippen LogP contribution >= 0.6 is 0 Å². The van der Waals surface area contributed by atoms with Crippen molar-refractivity contribution in [3.63, 3.8) is 0 Å². The molecule has 0 spiro atoms. The predicted molar refractivity (Wildman–Crippen MR) is 58.4 cm³/mol. The molecule has 0 atom stereocenters. The van der Waals surface area contributed by atoms with Crippen molar-refractivity contribution in [3.8, 4) is 0 Å². The summed E-state index contributed by atoms with van der Waals surface area (Å²) in [6.45, 7) is 7.94. The second-order valence-corrected chi connectivity index (χ2v) is 5.08. The van der Waals surface area contributed by atoms with Crippen LogP contribution in [0.25, 0.3) is 0 Å². The normalized spacial score (nSPS) is 24.9. The number of ether oxygens (including phenoxy) is 1. The third-order valence-electron chi connectivity index (χ3n) is 3.49. The van der Waals surface area contributed by atoms with E-state index in [0.717, 1.165) is 25.2 Å². The van der Waals surface area contributed by atoms with Crippen LogP contribution in [0.4, 0.5) is 0 Å². The zero-order valence-corrected chi connectivity index (χ0v) is 9.54. The highest BCUT2D eigenvalue weighted by Crippen LogP contribution is 2.32. The van der Waals surface area contributed by atoms with E-state index in [0.29, 0.717) is 6.04 Å². The first kappa shape index (κ1) is 10.4. The van der Waals surface area contributed by atoms with Crippen LogP contribution in [-0.4, -0.2) is 36.7 Å². The van der Waals surface area contributed by atoms with Crippen LogP contribution in [0.2, 0.25) is 0 Å². The average Bonchev–Trinajstić information content (AvgIpc) is 2.99. The summed E-state index contributed by atoms with van der Waals surface area (Å²) in [5.74, 6) is 1.01. The van der Waals surface area contributed by atoms with E-state index < -0.39 is 0 Å². The summed E-state index contributed by atoms with van der Waals surface area (Å²) in [6, 6.07) is 1.50. The van der Waals surface area contributed by atoms with E-state index in [9.17, 15) is 0 Å². The summed E-state index contributed by atoms with van der Waals surface area (Å²) in [7, 11) is 0.